The number of nitrogens with zero attached hydrogens (tertiary/aromatic N) is 3. The van der Waals surface area contributed by atoms with Gasteiger partial charge in [-0.2, -0.15) is 4.98 Å². The van der Waals surface area contributed by atoms with E-state index in [9.17, 15) is 9.59 Å². The molecule has 0 fully saturated rings. The van der Waals surface area contributed by atoms with Crippen LogP contribution in [0, 0.1) is 6.92 Å². The number of hydrogen-bond acceptors (Lipinski definition) is 4. The molecule has 0 aliphatic rings. The molecule has 1 aromatic carbocycles. The van der Waals surface area contributed by atoms with E-state index in [1.54, 1.807) is 7.05 Å². The zero-order valence-corrected chi connectivity index (χ0v) is 12.1. The van der Waals surface area contributed by atoms with Crippen molar-refractivity contribution in [1.29, 1.82) is 0 Å². The van der Waals surface area contributed by atoms with Gasteiger partial charge in [0, 0.05) is 7.05 Å². The minimum atomic E-state index is -0.441. The van der Waals surface area contributed by atoms with Gasteiger partial charge in [-0.15, -0.1) is 0 Å². The number of rotatable bonds is 6. The lowest BCUT2D eigenvalue weighted by molar-refractivity contribution is -0.122. The normalized spacial score (nSPS) is 10.4. The molecule has 0 bridgehead atoms. The van der Waals surface area contributed by atoms with Crippen molar-refractivity contribution in [3.8, 4) is 5.75 Å². The van der Waals surface area contributed by atoms with Gasteiger partial charge in [-0.1, -0.05) is 12.1 Å². The number of carbonyl (C=O) groups is 1. The molecule has 2 rings (SSSR count). The van der Waals surface area contributed by atoms with Crippen molar-refractivity contribution in [2.75, 3.05) is 13.2 Å². The van der Waals surface area contributed by atoms with Crippen LogP contribution < -0.4 is 15.7 Å². The highest BCUT2D eigenvalue weighted by Crippen LogP contribution is 2.11. The Kier molecular flexibility index (Phi) is 4.76. The van der Waals surface area contributed by atoms with E-state index >= 15 is 0 Å². The summed E-state index contributed by atoms with van der Waals surface area (Å²) in [5.41, 5.74) is 0.677. The van der Waals surface area contributed by atoms with Crippen molar-refractivity contribution in [2.45, 2.75) is 13.5 Å². The number of hydrogen-bond donors (Lipinski definition) is 1. The molecule has 0 aliphatic heterocycles. The molecule has 1 heterocycles. The van der Waals surface area contributed by atoms with Crippen LogP contribution in [0.4, 0.5) is 0 Å². The van der Waals surface area contributed by atoms with Crippen LogP contribution in [0.5, 0.6) is 5.75 Å². The summed E-state index contributed by atoms with van der Waals surface area (Å²) >= 11 is 0. The van der Waals surface area contributed by atoms with Gasteiger partial charge in [0.05, 0.1) is 6.54 Å². The van der Waals surface area contributed by atoms with Crippen LogP contribution in [-0.2, 0) is 18.4 Å². The Bertz CT molecular complexity index is 675. The second-order valence-corrected chi connectivity index (χ2v) is 4.67. The van der Waals surface area contributed by atoms with E-state index in [4.69, 9.17) is 4.74 Å². The molecule has 2 aromatic rings. The van der Waals surface area contributed by atoms with E-state index in [1.807, 2.05) is 31.2 Å². The molecule has 1 N–H and O–H groups in total. The Hall–Kier alpha value is -2.57. The van der Waals surface area contributed by atoms with Crippen molar-refractivity contribution in [2.24, 2.45) is 7.05 Å². The third-order valence-corrected chi connectivity index (χ3v) is 2.91. The topological polar surface area (TPSA) is 78.2 Å². The molecule has 112 valence electrons. The molecular formula is C14H18N4O3. The van der Waals surface area contributed by atoms with Crippen LogP contribution in [-0.4, -0.2) is 33.4 Å². The first-order valence-corrected chi connectivity index (χ1v) is 6.61. The zero-order chi connectivity index (χ0) is 15.2. The second kappa shape index (κ2) is 6.74. The average molecular weight is 290 g/mol. The Balaban J connectivity index is 1.74. The summed E-state index contributed by atoms with van der Waals surface area (Å²) in [6.45, 7) is 2.68. The van der Waals surface area contributed by atoms with E-state index in [0.717, 1.165) is 11.3 Å². The van der Waals surface area contributed by atoms with Gasteiger partial charge in [0.2, 0.25) is 5.91 Å². The molecule has 1 amide bonds. The minimum absolute atomic E-state index is 0.0558. The van der Waals surface area contributed by atoms with Gasteiger partial charge in [0.1, 0.15) is 25.2 Å². The number of ether oxygens (including phenoxy) is 1. The Labute approximate surface area is 122 Å². The molecule has 0 atom stereocenters. The summed E-state index contributed by atoms with van der Waals surface area (Å²) in [4.78, 5) is 26.6. The molecule has 0 aliphatic carbocycles. The fourth-order valence-electron chi connectivity index (χ4n) is 1.83. The van der Waals surface area contributed by atoms with Crippen LogP contribution in [0.25, 0.3) is 0 Å². The molecule has 0 unspecified atom stereocenters. The summed E-state index contributed by atoms with van der Waals surface area (Å²) in [6.07, 6.45) is 1.37. The van der Waals surface area contributed by atoms with Crippen molar-refractivity contribution in [3.05, 3.63) is 46.6 Å². The van der Waals surface area contributed by atoms with Crippen LogP contribution in [0.3, 0.4) is 0 Å². The molecule has 7 nitrogen and oxygen atoms in total. The summed E-state index contributed by atoms with van der Waals surface area (Å²) in [6, 6.07) is 7.69. The quantitative estimate of drug-likeness (QED) is 0.765. The first-order valence-electron chi connectivity index (χ1n) is 6.61. The number of amides is 1. The first-order chi connectivity index (χ1) is 10.1. The highest BCUT2D eigenvalue weighted by molar-refractivity contribution is 5.75. The maximum absolute atomic E-state index is 11.7. The lowest BCUT2D eigenvalue weighted by Gasteiger charge is -2.09. The van der Waals surface area contributed by atoms with Crippen molar-refractivity contribution in [3.63, 3.8) is 0 Å². The largest absolute Gasteiger partial charge is 0.492 e. The molecule has 0 saturated carbocycles. The fourth-order valence-corrected chi connectivity index (χ4v) is 1.83. The van der Waals surface area contributed by atoms with E-state index in [1.165, 1.54) is 15.7 Å². The molecular weight excluding hydrogens is 272 g/mol. The Morgan fingerprint density at radius 2 is 2.24 bits per heavy atom. The Morgan fingerprint density at radius 3 is 2.90 bits per heavy atom. The monoisotopic (exact) mass is 290 g/mol. The van der Waals surface area contributed by atoms with Gasteiger partial charge in [0.25, 0.3) is 0 Å². The number of nitrogens with one attached hydrogen (secondary N) is 1. The summed E-state index contributed by atoms with van der Waals surface area (Å²) in [5.74, 6) is 0.514. The second-order valence-electron chi connectivity index (χ2n) is 4.67. The smallest absolute Gasteiger partial charge is 0.364 e. The van der Waals surface area contributed by atoms with Gasteiger partial charge in [-0.25, -0.2) is 9.48 Å². The molecule has 0 saturated heterocycles. The number of aromatic nitrogens is 3. The van der Waals surface area contributed by atoms with Crippen LogP contribution >= 0.6 is 0 Å². The predicted molar refractivity (Wildman–Crippen MR) is 77.2 cm³/mol. The molecule has 0 spiro atoms. The van der Waals surface area contributed by atoms with E-state index in [0.29, 0.717) is 13.2 Å². The summed E-state index contributed by atoms with van der Waals surface area (Å²) in [5, 5.41) is 2.70. The van der Waals surface area contributed by atoms with Crippen molar-refractivity contribution >= 4 is 5.91 Å². The van der Waals surface area contributed by atoms with Gasteiger partial charge in [-0.05, 0) is 24.6 Å². The maximum atomic E-state index is 11.7. The van der Waals surface area contributed by atoms with Crippen LogP contribution in [0.2, 0.25) is 0 Å². The molecule has 0 radical (unpaired) electrons. The van der Waals surface area contributed by atoms with Crippen LogP contribution in [0.15, 0.2) is 35.4 Å². The van der Waals surface area contributed by atoms with Gasteiger partial charge >= 0.3 is 5.69 Å². The predicted octanol–water partition coefficient (Wildman–Crippen LogP) is 0.0854. The third kappa shape index (κ3) is 4.20. The van der Waals surface area contributed by atoms with Crippen molar-refractivity contribution in [1.82, 2.24) is 19.7 Å². The summed E-state index contributed by atoms with van der Waals surface area (Å²) in [7, 11) is 1.66. The molecule has 21 heavy (non-hydrogen) atoms. The highest BCUT2D eigenvalue weighted by Gasteiger charge is 2.07. The SMILES string of the molecule is Cc1cccc(OCCNC(=O)Cn2c(=O)ncn2C)c1. The standard InChI is InChI=1S/C14H18N4O3/c1-11-4-3-5-12(8-11)21-7-6-15-13(19)9-18-14(20)16-10-17(18)2/h3-5,8,10H,6-7,9H2,1-2H3,(H,15,19). The number of carbonyl (C=O) groups excluding carboxylic acids is 1. The lowest BCUT2D eigenvalue weighted by atomic mass is 10.2. The minimum Gasteiger partial charge on any atom is -0.492 e. The Morgan fingerprint density at radius 1 is 1.43 bits per heavy atom. The third-order valence-electron chi connectivity index (χ3n) is 2.91. The van der Waals surface area contributed by atoms with Gasteiger partial charge < -0.3 is 10.1 Å². The fraction of sp³-hybridized carbons (Fsp3) is 0.357. The van der Waals surface area contributed by atoms with E-state index in [-0.39, 0.29) is 12.5 Å². The maximum Gasteiger partial charge on any atom is 0.364 e. The number of aryl methyl sites for hydroxylation is 2. The highest BCUT2D eigenvalue weighted by atomic mass is 16.5. The first kappa shape index (κ1) is 14.8. The molecule has 7 heteroatoms. The van der Waals surface area contributed by atoms with E-state index < -0.39 is 5.69 Å². The average Bonchev–Trinajstić information content (AvgIpc) is 2.76. The number of benzene rings is 1. The molecule has 1 aromatic heterocycles. The zero-order valence-electron chi connectivity index (χ0n) is 12.1. The van der Waals surface area contributed by atoms with Crippen LogP contribution in [0.1, 0.15) is 5.56 Å². The van der Waals surface area contributed by atoms with Gasteiger partial charge in [-0.3, -0.25) is 9.48 Å². The lowest BCUT2D eigenvalue weighted by Crippen LogP contribution is -2.35. The van der Waals surface area contributed by atoms with Crippen molar-refractivity contribution < 1.29 is 9.53 Å². The van der Waals surface area contributed by atoms with Gasteiger partial charge in [0.15, 0.2) is 0 Å². The summed E-state index contributed by atoms with van der Waals surface area (Å²) < 4.78 is 8.24. The van der Waals surface area contributed by atoms with E-state index in [2.05, 4.69) is 10.3 Å².